The molecule has 0 amide bonds. The zero-order chi connectivity index (χ0) is 13.0. The van der Waals surface area contributed by atoms with Gasteiger partial charge in [0.1, 0.15) is 5.82 Å². The molecule has 0 fully saturated rings. The van der Waals surface area contributed by atoms with Gasteiger partial charge in [-0.05, 0) is 25.5 Å². The highest BCUT2D eigenvalue weighted by molar-refractivity contribution is 5.42. The van der Waals surface area contributed by atoms with E-state index in [0.29, 0.717) is 12.5 Å². The molecule has 0 bridgehead atoms. The van der Waals surface area contributed by atoms with E-state index in [2.05, 4.69) is 31.7 Å². The Hall–Kier alpha value is -2.17. The third kappa shape index (κ3) is 3.16. The quantitative estimate of drug-likeness (QED) is 0.861. The molecule has 0 aliphatic heterocycles. The average molecular weight is 243 g/mol. The summed E-state index contributed by atoms with van der Waals surface area (Å²) in [7, 11) is 1.81. The lowest BCUT2D eigenvalue weighted by molar-refractivity contribution is 1.04. The lowest BCUT2D eigenvalue weighted by Gasteiger charge is -2.08. The number of rotatable bonds is 4. The van der Waals surface area contributed by atoms with Crippen LogP contribution in [0.4, 0.5) is 11.8 Å². The second-order valence-electron chi connectivity index (χ2n) is 4.13. The SMILES string of the molecule is CNc1nc(C)cc(NCc2ccc(C)nc2)n1. The van der Waals surface area contributed by atoms with Gasteiger partial charge in [0, 0.05) is 37.2 Å². The number of nitrogens with one attached hydrogen (secondary N) is 2. The zero-order valence-corrected chi connectivity index (χ0v) is 10.9. The van der Waals surface area contributed by atoms with Crippen molar-refractivity contribution in [3.63, 3.8) is 0 Å². The van der Waals surface area contributed by atoms with Gasteiger partial charge < -0.3 is 10.6 Å². The van der Waals surface area contributed by atoms with Gasteiger partial charge >= 0.3 is 0 Å². The smallest absolute Gasteiger partial charge is 0.224 e. The molecule has 2 heterocycles. The van der Waals surface area contributed by atoms with E-state index in [1.54, 1.807) is 0 Å². The summed E-state index contributed by atoms with van der Waals surface area (Å²) in [6.07, 6.45) is 1.87. The maximum atomic E-state index is 4.33. The summed E-state index contributed by atoms with van der Waals surface area (Å²) in [6.45, 7) is 4.62. The fourth-order valence-corrected chi connectivity index (χ4v) is 1.57. The molecule has 0 atom stereocenters. The summed E-state index contributed by atoms with van der Waals surface area (Å²) >= 11 is 0. The maximum absolute atomic E-state index is 4.33. The third-order valence-electron chi connectivity index (χ3n) is 2.52. The second kappa shape index (κ2) is 5.44. The molecule has 5 heteroatoms. The van der Waals surface area contributed by atoms with Crippen molar-refractivity contribution in [1.29, 1.82) is 0 Å². The Labute approximate surface area is 107 Å². The lowest BCUT2D eigenvalue weighted by Crippen LogP contribution is -2.05. The van der Waals surface area contributed by atoms with Gasteiger partial charge in [0.05, 0.1) is 0 Å². The Morgan fingerprint density at radius 2 is 1.94 bits per heavy atom. The average Bonchev–Trinajstić information content (AvgIpc) is 2.37. The molecule has 0 radical (unpaired) electrons. The molecule has 18 heavy (non-hydrogen) atoms. The highest BCUT2D eigenvalue weighted by Crippen LogP contribution is 2.10. The van der Waals surface area contributed by atoms with Gasteiger partial charge in [-0.15, -0.1) is 0 Å². The molecule has 0 saturated carbocycles. The van der Waals surface area contributed by atoms with Crippen LogP contribution in [0, 0.1) is 13.8 Å². The predicted octanol–water partition coefficient (Wildman–Crippen LogP) is 2.14. The lowest BCUT2D eigenvalue weighted by atomic mass is 10.2. The van der Waals surface area contributed by atoms with Gasteiger partial charge in [0.25, 0.3) is 0 Å². The minimum Gasteiger partial charge on any atom is -0.366 e. The Bertz CT molecular complexity index is 521. The van der Waals surface area contributed by atoms with Gasteiger partial charge in [-0.3, -0.25) is 4.98 Å². The highest BCUT2D eigenvalue weighted by Gasteiger charge is 2.00. The zero-order valence-electron chi connectivity index (χ0n) is 10.9. The molecule has 2 aromatic rings. The molecular weight excluding hydrogens is 226 g/mol. The van der Waals surface area contributed by atoms with Gasteiger partial charge in [0.15, 0.2) is 0 Å². The fourth-order valence-electron chi connectivity index (χ4n) is 1.57. The summed E-state index contributed by atoms with van der Waals surface area (Å²) in [5.41, 5.74) is 3.08. The molecule has 0 aliphatic carbocycles. The van der Waals surface area contributed by atoms with Crippen molar-refractivity contribution in [2.24, 2.45) is 0 Å². The van der Waals surface area contributed by atoms with Crippen molar-refractivity contribution < 1.29 is 0 Å². The largest absolute Gasteiger partial charge is 0.366 e. The molecule has 5 nitrogen and oxygen atoms in total. The van der Waals surface area contributed by atoms with Crippen LogP contribution < -0.4 is 10.6 Å². The molecule has 0 aromatic carbocycles. The highest BCUT2D eigenvalue weighted by atomic mass is 15.1. The minimum absolute atomic E-state index is 0.625. The summed E-state index contributed by atoms with van der Waals surface area (Å²) in [5.74, 6) is 1.44. The summed E-state index contributed by atoms with van der Waals surface area (Å²) in [4.78, 5) is 12.8. The summed E-state index contributed by atoms with van der Waals surface area (Å²) in [5, 5.41) is 6.20. The van der Waals surface area contributed by atoms with E-state index in [1.807, 2.05) is 39.2 Å². The first-order valence-corrected chi connectivity index (χ1v) is 5.86. The van der Waals surface area contributed by atoms with E-state index in [1.165, 1.54) is 0 Å². The van der Waals surface area contributed by atoms with E-state index in [0.717, 1.165) is 22.8 Å². The van der Waals surface area contributed by atoms with E-state index in [4.69, 9.17) is 0 Å². The third-order valence-corrected chi connectivity index (χ3v) is 2.52. The molecule has 0 unspecified atom stereocenters. The van der Waals surface area contributed by atoms with Gasteiger partial charge in [-0.2, -0.15) is 4.98 Å². The maximum Gasteiger partial charge on any atom is 0.224 e. The molecule has 2 aromatic heterocycles. The second-order valence-corrected chi connectivity index (χ2v) is 4.13. The fraction of sp³-hybridized carbons (Fsp3) is 0.308. The number of aryl methyl sites for hydroxylation is 2. The Morgan fingerprint density at radius 1 is 1.11 bits per heavy atom. The van der Waals surface area contributed by atoms with E-state index in [-0.39, 0.29) is 0 Å². The van der Waals surface area contributed by atoms with Crippen LogP contribution >= 0.6 is 0 Å². The first-order chi connectivity index (χ1) is 8.67. The first kappa shape index (κ1) is 12.3. The number of hydrogen-bond donors (Lipinski definition) is 2. The predicted molar refractivity (Wildman–Crippen MR) is 72.6 cm³/mol. The molecule has 0 aliphatic rings. The van der Waals surface area contributed by atoms with Crippen molar-refractivity contribution in [2.75, 3.05) is 17.7 Å². The number of nitrogens with zero attached hydrogens (tertiary/aromatic N) is 3. The van der Waals surface area contributed by atoms with Crippen LogP contribution in [0.15, 0.2) is 24.4 Å². The van der Waals surface area contributed by atoms with Crippen LogP contribution in [0.5, 0.6) is 0 Å². The Kier molecular flexibility index (Phi) is 3.72. The van der Waals surface area contributed by atoms with Crippen LogP contribution in [0.3, 0.4) is 0 Å². The number of anilines is 2. The standard InChI is InChI=1S/C13H17N5/c1-9-4-5-11(7-15-9)8-16-12-6-10(2)17-13(14-3)18-12/h4-7H,8H2,1-3H3,(H2,14,16,17,18). The van der Waals surface area contributed by atoms with Crippen molar-refractivity contribution in [3.05, 3.63) is 41.3 Å². The van der Waals surface area contributed by atoms with Crippen LogP contribution in [-0.2, 0) is 6.54 Å². The molecule has 2 rings (SSSR count). The topological polar surface area (TPSA) is 62.7 Å². The van der Waals surface area contributed by atoms with Gasteiger partial charge in [-0.25, -0.2) is 4.98 Å². The molecular formula is C13H17N5. The van der Waals surface area contributed by atoms with Crippen LogP contribution in [0.2, 0.25) is 0 Å². The van der Waals surface area contributed by atoms with E-state index >= 15 is 0 Å². The van der Waals surface area contributed by atoms with Crippen LogP contribution in [-0.4, -0.2) is 22.0 Å². The first-order valence-electron chi connectivity index (χ1n) is 5.86. The normalized spacial score (nSPS) is 10.2. The Balaban J connectivity index is 2.05. The van der Waals surface area contributed by atoms with Crippen molar-refractivity contribution in [3.8, 4) is 0 Å². The minimum atomic E-state index is 0.625. The van der Waals surface area contributed by atoms with Crippen molar-refractivity contribution in [2.45, 2.75) is 20.4 Å². The molecule has 0 spiro atoms. The molecule has 94 valence electrons. The summed E-state index contributed by atoms with van der Waals surface area (Å²) < 4.78 is 0. The van der Waals surface area contributed by atoms with Crippen molar-refractivity contribution >= 4 is 11.8 Å². The molecule has 0 saturated heterocycles. The van der Waals surface area contributed by atoms with Crippen LogP contribution in [0.1, 0.15) is 17.0 Å². The van der Waals surface area contributed by atoms with Gasteiger partial charge in [-0.1, -0.05) is 6.07 Å². The van der Waals surface area contributed by atoms with Crippen molar-refractivity contribution in [1.82, 2.24) is 15.0 Å². The van der Waals surface area contributed by atoms with E-state index < -0.39 is 0 Å². The molecule has 2 N–H and O–H groups in total. The van der Waals surface area contributed by atoms with Gasteiger partial charge in [0.2, 0.25) is 5.95 Å². The number of aromatic nitrogens is 3. The number of pyridine rings is 1. The Morgan fingerprint density at radius 3 is 2.61 bits per heavy atom. The summed E-state index contributed by atoms with van der Waals surface area (Å²) in [6, 6.07) is 5.98. The van der Waals surface area contributed by atoms with Crippen LogP contribution in [0.25, 0.3) is 0 Å². The monoisotopic (exact) mass is 243 g/mol. The number of hydrogen-bond acceptors (Lipinski definition) is 5. The van der Waals surface area contributed by atoms with E-state index in [9.17, 15) is 0 Å².